The Hall–Kier alpha value is -1.50. The van der Waals surface area contributed by atoms with E-state index in [1.54, 1.807) is 11.3 Å². The van der Waals surface area contributed by atoms with Crippen LogP contribution in [-0.4, -0.2) is 40.6 Å². The van der Waals surface area contributed by atoms with Crippen molar-refractivity contribution in [2.45, 2.75) is 31.5 Å². The molecule has 4 heterocycles. The van der Waals surface area contributed by atoms with Gasteiger partial charge in [0.2, 0.25) is 5.72 Å². The fourth-order valence-electron chi connectivity index (χ4n) is 4.09. The minimum atomic E-state index is -0.427. The number of amidine groups is 1. The van der Waals surface area contributed by atoms with Gasteiger partial charge in [-0.2, -0.15) is 0 Å². The third-order valence-electron chi connectivity index (χ3n) is 5.15. The van der Waals surface area contributed by atoms with E-state index in [0.29, 0.717) is 12.0 Å². The number of para-hydroxylation sites is 1. The van der Waals surface area contributed by atoms with Crippen LogP contribution in [0, 0.1) is 5.92 Å². The van der Waals surface area contributed by atoms with Crippen molar-refractivity contribution in [2.75, 3.05) is 13.1 Å². The highest BCUT2D eigenvalue weighted by Crippen LogP contribution is 2.45. The smallest absolute Gasteiger partial charge is 0.206 e. The topological polar surface area (TPSA) is 49.8 Å². The number of aromatic nitrogens is 1. The van der Waals surface area contributed by atoms with Crippen LogP contribution in [0.15, 0.2) is 29.3 Å². The number of hydroxylamine groups is 1. The predicted molar refractivity (Wildman–Crippen MR) is 86.9 cm³/mol. The van der Waals surface area contributed by atoms with Crippen LogP contribution in [0.25, 0.3) is 10.2 Å². The lowest BCUT2D eigenvalue weighted by molar-refractivity contribution is -0.0901. The van der Waals surface area contributed by atoms with Crippen LogP contribution in [0.5, 0.6) is 0 Å². The zero-order chi connectivity index (χ0) is 14.7. The molecule has 1 spiro atoms. The minimum absolute atomic E-state index is 0.400. The molecule has 114 valence electrons. The highest BCUT2D eigenvalue weighted by Gasteiger charge is 2.58. The zero-order valence-electron chi connectivity index (χ0n) is 12.5. The molecule has 3 unspecified atom stereocenters. The molecule has 1 aromatic carbocycles. The summed E-state index contributed by atoms with van der Waals surface area (Å²) in [6.07, 6.45) is 2.41. The quantitative estimate of drug-likeness (QED) is 0.878. The molecular formula is C16H18N4OS. The van der Waals surface area contributed by atoms with Crippen LogP contribution >= 0.6 is 11.3 Å². The summed E-state index contributed by atoms with van der Waals surface area (Å²) >= 11 is 1.67. The zero-order valence-corrected chi connectivity index (χ0v) is 13.3. The fraction of sp³-hybridized carbons (Fsp3) is 0.500. The van der Waals surface area contributed by atoms with Gasteiger partial charge in [-0.25, -0.2) is 20.3 Å². The van der Waals surface area contributed by atoms with E-state index in [-0.39, 0.29) is 0 Å². The Bertz CT molecular complexity index is 739. The van der Waals surface area contributed by atoms with Crippen molar-refractivity contribution < 1.29 is 4.84 Å². The highest BCUT2D eigenvalue weighted by molar-refractivity contribution is 7.20. The highest BCUT2D eigenvalue weighted by atomic mass is 32.1. The Balaban J connectivity index is 1.56. The van der Waals surface area contributed by atoms with Gasteiger partial charge in [-0.05, 0) is 31.5 Å². The van der Waals surface area contributed by atoms with Gasteiger partial charge in [0.05, 0.1) is 16.3 Å². The van der Waals surface area contributed by atoms with Crippen molar-refractivity contribution in [3.05, 3.63) is 29.3 Å². The van der Waals surface area contributed by atoms with Crippen LogP contribution in [-0.2, 0) is 4.84 Å². The summed E-state index contributed by atoms with van der Waals surface area (Å²) in [6.45, 7) is 4.49. The van der Waals surface area contributed by atoms with Crippen LogP contribution in [0.2, 0.25) is 0 Å². The molecule has 3 atom stereocenters. The molecule has 3 aliphatic rings. The van der Waals surface area contributed by atoms with E-state index in [0.717, 1.165) is 22.9 Å². The standard InChI is InChI=1S/C16H18N4OS/c1-10-9-20-8-4-7-13(20)16(10)18-14(19-21-16)15-17-11-5-2-3-6-12(11)22-15/h2-3,5-6,10,13H,4,7-9H2,1H3,(H,18,19). The Kier molecular flexibility index (Phi) is 2.66. The lowest BCUT2D eigenvalue weighted by Gasteiger charge is -2.28. The Morgan fingerprint density at radius 1 is 1.41 bits per heavy atom. The summed E-state index contributed by atoms with van der Waals surface area (Å²) in [5.74, 6) is 1.19. The number of benzene rings is 1. The lowest BCUT2D eigenvalue weighted by Crippen LogP contribution is -2.44. The summed E-state index contributed by atoms with van der Waals surface area (Å²) in [7, 11) is 0. The van der Waals surface area contributed by atoms with E-state index < -0.39 is 5.72 Å². The number of hydrogen-bond acceptors (Lipinski definition) is 6. The molecule has 0 amide bonds. The molecule has 3 aliphatic heterocycles. The molecule has 2 saturated heterocycles. The third kappa shape index (κ3) is 1.66. The van der Waals surface area contributed by atoms with Gasteiger partial charge < -0.3 is 0 Å². The Morgan fingerprint density at radius 2 is 2.32 bits per heavy atom. The second kappa shape index (κ2) is 4.50. The van der Waals surface area contributed by atoms with Crippen LogP contribution in [0.1, 0.15) is 24.8 Å². The first-order valence-corrected chi connectivity index (χ1v) is 8.72. The van der Waals surface area contributed by atoms with Crippen molar-refractivity contribution in [2.24, 2.45) is 10.9 Å². The van der Waals surface area contributed by atoms with Crippen LogP contribution in [0.3, 0.4) is 0 Å². The Morgan fingerprint density at radius 3 is 3.23 bits per heavy atom. The first kappa shape index (κ1) is 13.0. The minimum Gasteiger partial charge on any atom is -0.295 e. The molecule has 0 bridgehead atoms. The van der Waals surface area contributed by atoms with Crippen molar-refractivity contribution in [1.82, 2.24) is 15.4 Å². The van der Waals surface area contributed by atoms with Gasteiger partial charge in [0.25, 0.3) is 0 Å². The molecule has 2 aromatic rings. The van der Waals surface area contributed by atoms with Crippen molar-refractivity contribution in [3.63, 3.8) is 0 Å². The van der Waals surface area contributed by atoms with E-state index in [4.69, 9.17) is 14.8 Å². The number of rotatable bonds is 1. The van der Waals surface area contributed by atoms with Crippen LogP contribution < -0.4 is 5.48 Å². The molecule has 1 N–H and O–H groups in total. The number of fused-ring (bicyclic) bond motifs is 3. The van der Waals surface area contributed by atoms with Crippen LogP contribution in [0.4, 0.5) is 0 Å². The van der Waals surface area contributed by atoms with Crippen molar-refractivity contribution >= 4 is 27.4 Å². The maximum Gasteiger partial charge on any atom is 0.206 e. The van der Waals surface area contributed by atoms with Crippen molar-refractivity contribution in [1.29, 1.82) is 0 Å². The second-order valence-electron chi connectivity index (χ2n) is 6.46. The maximum absolute atomic E-state index is 6.06. The molecule has 5 rings (SSSR count). The van der Waals surface area contributed by atoms with Gasteiger partial charge in [-0.3, -0.25) is 4.90 Å². The average molecular weight is 314 g/mol. The molecule has 6 heteroatoms. The average Bonchev–Trinajstić information content (AvgIpc) is 3.26. The molecule has 1 aromatic heterocycles. The molecule has 2 fully saturated rings. The maximum atomic E-state index is 6.06. The number of hydrogen-bond donors (Lipinski definition) is 1. The monoisotopic (exact) mass is 314 g/mol. The Labute approximate surface area is 133 Å². The third-order valence-corrected chi connectivity index (χ3v) is 6.19. The van der Waals surface area contributed by atoms with Gasteiger partial charge in [-0.1, -0.05) is 19.1 Å². The van der Waals surface area contributed by atoms with Gasteiger partial charge in [0.15, 0.2) is 10.8 Å². The van der Waals surface area contributed by atoms with E-state index in [1.165, 1.54) is 24.1 Å². The molecular weight excluding hydrogens is 296 g/mol. The summed E-state index contributed by atoms with van der Waals surface area (Å²) < 4.78 is 1.19. The molecule has 0 radical (unpaired) electrons. The lowest BCUT2D eigenvalue weighted by atomic mass is 9.94. The molecule has 0 saturated carbocycles. The predicted octanol–water partition coefficient (Wildman–Crippen LogP) is 2.39. The number of nitrogens with one attached hydrogen (secondary N) is 1. The van der Waals surface area contributed by atoms with E-state index in [2.05, 4.69) is 23.4 Å². The van der Waals surface area contributed by atoms with Gasteiger partial charge in [-0.15, -0.1) is 11.3 Å². The van der Waals surface area contributed by atoms with Crippen molar-refractivity contribution in [3.8, 4) is 0 Å². The molecule has 22 heavy (non-hydrogen) atoms. The summed E-state index contributed by atoms with van der Waals surface area (Å²) in [6, 6.07) is 8.60. The summed E-state index contributed by atoms with van der Waals surface area (Å²) in [5, 5.41) is 0.918. The molecule has 5 nitrogen and oxygen atoms in total. The first-order valence-electron chi connectivity index (χ1n) is 7.90. The van der Waals surface area contributed by atoms with Gasteiger partial charge >= 0.3 is 0 Å². The van der Waals surface area contributed by atoms with Gasteiger partial charge in [0, 0.05) is 12.5 Å². The second-order valence-corrected chi connectivity index (χ2v) is 7.49. The summed E-state index contributed by atoms with van der Waals surface area (Å²) in [5.41, 5.74) is 3.68. The fourth-order valence-corrected chi connectivity index (χ4v) is 4.99. The van der Waals surface area contributed by atoms with E-state index >= 15 is 0 Å². The normalized spacial score (nSPS) is 34.3. The molecule has 0 aliphatic carbocycles. The van der Waals surface area contributed by atoms with E-state index in [9.17, 15) is 0 Å². The van der Waals surface area contributed by atoms with Gasteiger partial charge in [0.1, 0.15) is 0 Å². The van der Waals surface area contributed by atoms with E-state index in [1.807, 2.05) is 18.2 Å². The number of thiazole rings is 1. The first-order chi connectivity index (χ1) is 10.8. The summed E-state index contributed by atoms with van der Waals surface area (Å²) in [4.78, 5) is 18.3. The number of nitrogens with zero attached hydrogens (tertiary/aromatic N) is 3. The number of aliphatic imine (C=N–C) groups is 1. The largest absolute Gasteiger partial charge is 0.295 e. The SMILES string of the molecule is CC1CN2CCCC2C12N=C(c1nc3ccccc3s1)NO2.